The van der Waals surface area contributed by atoms with Crippen molar-refractivity contribution in [2.45, 2.75) is 39.5 Å². The molecule has 7 heteroatoms. The van der Waals surface area contributed by atoms with Crippen LogP contribution in [0.5, 0.6) is 0 Å². The average Bonchev–Trinajstić information content (AvgIpc) is 2.84. The molecule has 0 saturated carbocycles. The van der Waals surface area contributed by atoms with E-state index in [-0.39, 0.29) is 5.91 Å². The molecule has 33 heavy (non-hydrogen) atoms. The van der Waals surface area contributed by atoms with Crippen LogP contribution in [-0.2, 0) is 14.3 Å². The van der Waals surface area contributed by atoms with Crippen LogP contribution in [0.25, 0.3) is 11.3 Å². The number of carbonyl (C=O) groups excluding carboxylic acids is 1. The Balaban J connectivity index is 1.62. The molecule has 2 N–H and O–H groups in total. The van der Waals surface area contributed by atoms with Gasteiger partial charge >= 0.3 is 0 Å². The Labute approximate surface area is 197 Å². The molecule has 0 spiro atoms. The van der Waals surface area contributed by atoms with Gasteiger partial charge in [-0.15, -0.1) is 0 Å². The fourth-order valence-electron chi connectivity index (χ4n) is 3.71. The zero-order chi connectivity index (χ0) is 23.3. The number of ether oxygens (including phenoxy) is 2. The number of carbonyl (C=O) groups is 1. The maximum Gasteiger partial charge on any atom is 0.286 e. The molecule has 2 aromatic rings. The largest absolute Gasteiger partial charge is 0.381 e. The number of amides is 1. The molecule has 178 valence electrons. The first-order valence-electron chi connectivity index (χ1n) is 11.9. The minimum atomic E-state index is -0.232. The summed E-state index contributed by atoms with van der Waals surface area (Å²) in [5.41, 5.74) is 3.88. The Morgan fingerprint density at radius 1 is 1.21 bits per heavy atom. The first-order valence-corrected chi connectivity index (χ1v) is 11.9. The van der Waals surface area contributed by atoms with Gasteiger partial charge in [-0.05, 0) is 56.7 Å². The van der Waals surface area contributed by atoms with Crippen LogP contribution in [-0.4, -0.2) is 56.2 Å². The van der Waals surface area contributed by atoms with E-state index in [4.69, 9.17) is 9.47 Å². The van der Waals surface area contributed by atoms with Crippen molar-refractivity contribution in [2.24, 2.45) is 10.9 Å². The van der Waals surface area contributed by atoms with Crippen LogP contribution in [0, 0.1) is 12.8 Å². The number of hydrogen-bond donors (Lipinski definition) is 2. The first kappa shape index (κ1) is 24.9. The van der Waals surface area contributed by atoms with E-state index in [1.54, 1.807) is 6.20 Å². The normalized spacial score (nSPS) is 14.8. The molecule has 1 saturated heterocycles. The van der Waals surface area contributed by atoms with Crippen molar-refractivity contribution >= 4 is 17.4 Å². The van der Waals surface area contributed by atoms with Crippen LogP contribution in [0.2, 0.25) is 0 Å². The minimum absolute atomic E-state index is 0.232. The fourth-order valence-corrected chi connectivity index (χ4v) is 3.71. The number of nitrogens with zero attached hydrogens (tertiary/aromatic N) is 2. The lowest BCUT2D eigenvalue weighted by molar-refractivity contribution is -0.115. The van der Waals surface area contributed by atoms with Crippen molar-refractivity contribution in [1.29, 1.82) is 0 Å². The third-order valence-corrected chi connectivity index (χ3v) is 5.58. The lowest BCUT2D eigenvalue weighted by atomic mass is 9.97. The molecule has 1 amide bonds. The Hall–Kier alpha value is -2.77. The Morgan fingerprint density at radius 3 is 2.79 bits per heavy atom. The number of anilines is 1. The molecule has 0 radical (unpaired) electrons. The minimum Gasteiger partial charge on any atom is -0.381 e. The molecule has 7 nitrogen and oxygen atoms in total. The zero-order valence-corrected chi connectivity index (χ0v) is 19.8. The topological polar surface area (TPSA) is 84.8 Å². The number of benzene rings is 1. The van der Waals surface area contributed by atoms with Crippen molar-refractivity contribution in [3.8, 4) is 11.3 Å². The molecule has 2 heterocycles. The van der Waals surface area contributed by atoms with Crippen molar-refractivity contribution in [3.63, 3.8) is 0 Å². The summed E-state index contributed by atoms with van der Waals surface area (Å²) in [4.78, 5) is 22.0. The van der Waals surface area contributed by atoms with Crippen LogP contribution in [0.1, 0.15) is 38.2 Å². The number of aromatic nitrogens is 1. The quantitative estimate of drug-likeness (QED) is 0.320. The predicted molar refractivity (Wildman–Crippen MR) is 133 cm³/mol. The molecule has 1 aromatic heterocycles. The van der Waals surface area contributed by atoms with Crippen molar-refractivity contribution in [2.75, 3.05) is 44.8 Å². The molecule has 1 aliphatic heterocycles. The van der Waals surface area contributed by atoms with E-state index in [0.717, 1.165) is 55.8 Å². The van der Waals surface area contributed by atoms with Gasteiger partial charge in [0.15, 0.2) is 5.84 Å². The van der Waals surface area contributed by atoms with E-state index in [1.165, 1.54) is 5.56 Å². The number of rotatable bonds is 10. The number of nitrogens with one attached hydrogen (secondary N) is 2. The standard InChI is InChI=1S/C26H36N4O3/c1-3-14-32-17-13-28-26(31)25(27-12-9-21-10-15-33-16-11-21)30-23-7-8-24(29-19-23)22-6-4-5-20(2)18-22/h4-8,18-19,21H,3,9-17H2,1-2H3,(H,27,30)(H,28,31). The van der Waals surface area contributed by atoms with E-state index < -0.39 is 0 Å². The van der Waals surface area contributed by atoms with E-state index in [0.29, 0.717) is 38.1 Å². The zero-order valence-electron chi connectivity index (χ0n) is 19.8. The summed E-state index contributed by atoms with van der Waals surface area (Å²) in [6.07, 6.45) is 5.77. The van der Waals surface area contributed by atoms with E-state index in [1.807, 2.05) is 24.3 Å². The van der Waals surface area contributed by atoms with Gasteiger partial charge in [0.1, 0.15) is 0 Å². The van der Waals surface area contributed by atoms with Gasteiger partial charge in [0.05, 0.1) is 24.2 Å². The van der Waals surface area contributed by atoms with Crippen LogP contribution in [0.3, 0.4) is 0 Å². The number of amidine groups is 1. The van der Waals surface area contributed by atoms with Crippen LogP contribution >= 0.6 is 0 Å². The van der Waals surface area contributed by atoms with Crippen LogP contribution in [0.15, 0.2) is 47.6 Å². The summed E-state index contributed by atoms with van der Waals surface area (Å²) >= 11 is 0. The highest BCUT2D eigenvalue weighted by atomic mass is 16.5. The maximum atomic E-state index is 12.8. The van der Waals surface area contributed by atoms with Gasteiger partial charge in [0, 0.05) is 38.5 Å². The highest BCUT2D eigenvalue weighted by Crippen LogP contribution is 2.20. The van der Waals surface area contributed by atoms with E-state index >= 15 is 0 Å². The molecule has 1 aromatic carbocycles. The summed E-state index contributed by atoms with van der Waals surface area (Å²) in [5.74, 6) is 0.678. The molecule has 0 atom stereocenters. The van der Waals surface area contributed by atoms with Gasteiger partial charge in [0.2, 0.25) is 0 Å². The van der Waals surface area contributed by atoms with Crippen LogP contribution < -0.4 is 10.6 Å². The second-order valence-electron chi connectivity index (χ2n) is 8.37. The van der Waals surface area contributed by atoms with E-state index in [9.17, 15) is 4.79 Å². The Morgan fingerprint density at radius 2 is 2.06 bits per heavy atom. The second-order valence-corrected chi connectivity index (χ2v) is 8.37. The SMILES string of the molecule is CCCOCCNC(=O)C(=NCCC1CCOCC1)Nc1ccc(-c2cccc(C)c2)nc1. The molecule has 0 unspecified atom stereocenters. The van der Waals surface area contributed by atoms with E-state index in [2.05, 4.69) is 46.6 Å². The molecule has 1 aliphatic rings. The Kier molecular flexibility index (Phi) is 10.3. The molecular weight excluding hydrogens is 416 g/mol. The predicted octanol–water partition coefficient (Wildman–Crippen LogP) is 4.23. The summed E-state index contributed by atoms with van der Waals surface area (Å²) in [7, 11) is 0. The smallest absolute Gasteiger partial charge is 0.286 e. The highest BCUT2D eigenvalue weighted by Gasteiger charge is 2.15. The summed E-state index contributed by atoms with van der Waals surface area (Å²) in [6.45, 7) is 7.98. The maximum absolute atomic E-state index is 12.8. The lowest BCUT2D eigenvalue weighted by Crippen LogP contribution is -2.37. The molecule has 0 bridgehead atoms. The number of pyridine rings is 1. The summed E-state index contributed by atoms with van der Waals surface area (Å²) < 4.78 is 10.9. The number of hydrogen-bond acceptors (Lipinski definition) is 5. The van der Waals surface area contributed by atoms with Crippen molar-refractivity contribution < 1.29 is 14.3 Å². The Bertz CT molecular complexity index is 893. The molecular formula is C26H36N4O3. The van der Waals surface area contributed by atoms with Gasteiger partial charge < -0.3 is 20.1 Å². The summed E-state index contributed by atoms with van der Waals surface area (Å²) in [5, 5.41) is 6.06. The van der Waals surface area contributed by atoms with Crippen molar-refractivity contribution in [1.82, 2.24) is 10.3 Å². The average molecular weight is 453 g/mol. The monoisotopic (exact) mass is 452 g/mol. The number of aliphatic imine (C=N–C) groups is 1. The molecule has 0 aliphatic carbocycles. The summed E-state index contributed by atoms with van der Waals surface area (Å²) in [6, 6.07) is 12.1. The third-order valence-electron chi connectivity index (χ3n) is 5.58. The molecule has 1 fully saturated rings. The van der Waals surface area contributed by atoms with Crippen LogP contribution in [0.4, 0.5) is 5.69 Å². The van der Waals surface area contributed by atoms with Gasteiger partial charge in [-0.2, -0.15) is 0 Å². The first-order chi connectivity index (χ1) is 16.2. The lowest BCUT2D eigenvalue weighted by Gasteiger charge is -2.21. The van der Waals surface area contributed by atoms with Gasteiger partial charge in [-0.3, -0.25) is 14.8 Å². The fraction of sp³-hybridized carbons (Fsp3) is 0.500. The number of aryl methyl sites for hydroxylation is 1. The van der Waals surface area contributed by atoms with Gasteiger partial charge in [-0.1, -0.05) is 30.7 Å². The third kappa shape index (κ3) is 8.59. The van der Waals surface area contributed by atoms with Crippen molar-refractivity contribution in [3.05, 3.63) is 48.2 Å². The highest BCUT2D eigenvalue weighted by molar-refractivity contribution is 6.42. The molecule has 3 rings (SSSR count). The van der Waals surface area contributed by atoms with Gasteiger partial charge in [0.25, 0.3) is 5.91 Å². The van der Waals surface area contributed by atoms with Gasteiger partial charge in [-0.25, -0.2) is 0 Å². The second kappa shape index (κ2) is 13.7.